The van der Waals surface area contributed by atoms with E-state index in [1.807, 2.05) is 6.07 Å². The molecule has 0 spiro atoms. The molecule has 12 heavy (non-hydrogen) atoms. The van der Waals surface area contributed by atoms with Gasteiger partial charge in [0.25, 0.3) is 0 Å². The number of nitrogens with zero attached hydrogens (tertiary/aromatic N) is 2. The highest BCUT2D eigenvalue weighted by Gasteiger charge is 2.34. The van der Waals surface area contributed by atoms with Crippen molar-refractivity contribution in [3.63, 3.8) is 0 Å². The number of alkyl halides is 1. The molecule has 0 bridgehead atoms. The summed E-state index contributed by atoms with van der Waals surface area (Å²) in [6.45, 7) is -0.154. The van der Waals surface area contributed by atoms with Crippen molar-refractivity contribution in [3.8, 4) is 6.07 Å². The molecule has 5 heteroatoms. The van der Waals surface area contributed by atoms with Crippen LogP contribution in [0.5, 0.6) is 0 Å². The van der Waals surface area contributed by atoms with Crippen LogP contribution < -0.4 is 5.73 Å². The van der Waals surface area contributed by atoms with Gasteiger partial charge in [-0.1, -0.05) is 0 Å². The minimum absolute atomic E-state index is 0.00819. The third-order valence-electron chi connectivity index (χ3n) is 1.89. The van der Waals surface area contributed by atoms with Gasteiger partial charge in [-0.05, 0) is 0 Å². The van der Waals surface area contributed by atoms with Crippen molar-refractivity contribution in [2.24, 2.45) is 5.73 Å². The van der Waals surface area contributed by atoms with E-state index in [4.69, 9.17) is 11.0 Å². The maximum absolute atomic E-state index is 12.7. The topological polar surface area (TPSA) is 70.1 Å². The fraction of sp³-hybridized carbons (Fsp3) is 0.714. The fourth-order valence-corrected chi connectivity index (χ4v) is 1.30. The number of likely N-dealkylation sites (tertiary alicyclic amines) is 1. The van der Waals surface area contributed by atoms with Gasteiger partial charge in [0.2, 0.25) is 5.91 Å². The van der Waals surface area contributed by atoms with E-state index in [1.54, 1.807) is 0 Å². The summed E-state index contributed by atoms with van der Waals surface area (Å²) in [5.74, 6) is -0.360. The van der Waals surface area contributed by atoms with Gasteiger partial charge >= 0.3 is 0 Å². The molecule has 1 aliphatic heterocycles. The van der Waals surface area contributed by atoms with Gasteiger partial charge in [0.15, 0.2) is 0 Å². The van der Waals surface area contributed by atoms with Crippen molar-refractivity contribution in [1.29, 1.82) is 5.26 Å². The Balaban J connectivity index is 2.65. The van der Waals surface area contributed by atoms with Crippen molar-refractivity contribution >= 4 is 5.91 Å². The first-order valence-corrected chi connectivity index (χ1v) is 3.72. The standard InChI is InChI=1S/C7H10FN3O/c8-5-1-6(2-9)11(4-5)7(12)3-10/h5-6H,1,3-4,10H2/t5-,6?/m0/s1. The largest absolute Gasteiger partial charge is 0.323 e. The van der Waals surface area contributed by atoms with Gasteiger partial charge < -0.3 is 10.6 Å². The van der Waals surface area contributed by atoms with Crippen LogP contribution in [0, 0.1) is 11.3 Å². The molecule has 0 aliphatic carbocycles. The average Bonchev–Trinajstić information content (AvgIpc) is 2.45. The van der Waals surface area contributed by atoms with E-state index in [1.165, 1.54) is 4.90 Å². The maximum atomic E-state index is 12.7. The van der Waals surface area contributed by atoms with Crippen molar-refractivity contribution in [2.75, 3.05) is 13.1 Å². The predicted molar refractivity (Wildman–Crippen MR) is 39.7 cm³/mol. The molecule has 4 nitrogen and oxygen atoms in total. The van der Waals surface area contributed by atoms with Crippen LogP contribution in [-0.4, -0.2) is 36.1 Å². The molecule has 2 atom stereocenters. The lowest BCUT2D eigenvalue weighted by Crippen LogP contribution is -2.39. The third-order valence-corrected chi connectivity index (χ3v) is 1.89. The number of amides is 1. The van der Waals surface area contributed by atoms with Crippen molar-refractivity contribution in [3.05, 3.63) is 0 Å². The molecule has 0 saturated carbocycles. The average molecular weight is 171 g/mol. The highest BCUT2D eigenvalue weighted by molar-refractivity contribution is 5.79. The van der Waals surface area contributed by atoms with Gasteiger partial charge in [-0.15, -0.1) is 0 Å². The van der Waals surface area contributed by atoms with Crippen LogP contribution in [0.1, 0.15) is 6.42 Å². The molecule has 66 valence electrons. The molecular formula is C7H10FN3O. The Kier molecular flexibility index (Phi) is 2.61. The predicted octanol–water partition coefficient (Wildman–Crippen LogP) is -0.592. The minimum atomic E-state index is -1.08. The van der Waals surface area contributed by atoms with Gasteiger partial charge in [0, 0.05) is 6.42 Å². The zero-order chi connectivity index (χ0) is 9.14. The lowest BCUT2D eigenvalue weighted by Gasteiger charge is -2.17. The molecule has 1 heterocycles. The number of hydrogen-bond acceptors (Lipinski definition) is 3. The number of halogens is 1. The molecule has 2 N–H and O–H groups in total. The zero-order valence-corrected chi connectivity index (χ0v) is 6.53. The normalized spacial score (nSPS) is 28.6. The van der Waals surface area contributed by atoms with Gasteiger partial charge in [-0.3, -0.25) is 4.79 Å². The second-order valence-corrected chi connectivity index (χ2v) is 2.73. The summed E-state index contributed by atoms with van der Waals surface area (Å²) in [6, 6.07) is 1.24. The van der Waals surface area contributed by atoms with Crippen LogP contribution >= 0.6 is 0 Å². The summed E-state index contributed by atoms with van der Waals surface area (Å²) < 4.78 is 12.7. The molecule has 0 aromatic rings. The fourth-order valence-electron chi connectivity index (χ4n) is 1.30. The number of carbonyl (C=O) groups excluding carboxylic acids is 1. The molecule has 0 aromatic heterocycles. The van der Waals surface area contributed by atoms with E-state index < -0.39 is 12.2 Å². The van der Waals surface area contributed by atoms with Crippen LogP contribution in [0.2, 0.25) is 0 Å². The second-order valence-electron chi connectivity index (χ2n) is 2.73. The molecule has 1 aliphatic rings. The quantitative estimate of drug-likeness (QED) is 0.573. The van der Waals surface area contributed by atoms with E-state index in [0.717, 1.165) is 0 Å². The Morgan fingerprint density at radius 3 is 3.00 bits per heavy atom. The Hall–Kier alpha value is -1.15. The monoisotopic (exact) mass is 171 g/mol. The summed E-state index contributed by atoms with van der Waals surface area (Å²) in [5.41, 5.74) is 5.09. The summed E-state index contributed by atoms with van der Waals surface area (Å²) in [5, 5.41) is 8.55. The van der Waals surface area contributed by atoms with Crippen LogP contribution in [-0.2, 0) is 4.79 Å². The second kappa shape index (κ2) is 3.50. The highest BCUT2D eigenvalue weighted by Crippen LogP contribution is 2.19. The number of nitrogens with two attached hydrogens (primary N) is 1. The first-order valence-electron chi connectivity index (χ1n) is 3.72. The molecule has 1 fully saturated rings. The third kappa shape index (κ3) is 1.53. The van der Waals surface area contributed by atoms with Crippen LogP contribution in [0.15, 0.2) is 0 Å². The number of carbonyl (C=O) groups is 1. The number of nitriles is 1. The minimum Gasteiger partial charge on any atom is -0.323 e. The lowest BCUT2D eigenvalue weighted by atomic mass is 10.2. The summed E-state index contributed by atoms with van der Waals surface area (Å²) in [4.78, 5) is 12.2. The van der Waals surface area contributed by atoms with Crippen molar-refractivity contribution in [1.82, 2.24) is 4.90 Å². The Labute approximate surface area is 69.7 Å². The van der Waals surface area contributed by atoms with E-state index in [2.05, 4.69) is 0 Å². The Morgan fingerprint density at radius 1 is 1.83 bits per heavy atom. The van der Waals surface area contributed by atoms with Crippen molar-refractivity contribution in [2.45, 2.75) is 18.6 Å². The van der Waals surface area contributed by atoms with Crippen LogP contribution in [0.3, 0.4) is 0 Å². The SMILES string of the molecule is N#CC1C[C@H](F)CN1C(=O)CN. The maximum Gasteiger partial charge on any atom is 0.237 e. The van der Waals surface area contributed by atoms with Crippen molar-refractivity contribution < 1.29 is 9.18 Å². The smallest absolute Gasteiger partial charge is 0.237 e. The molecule has 1 saturated heterocycles. The molecule has 0 aromatic carbocycles. The van der Waals surface area contributed by atoms with Gasteiger partial charge in [0.05, 0.1) is 19.2 Å². The summed E-state index contributed by atoms with van der Waals surface area (Å²) in [7, 11) is 0. The molecule has 1 unspecified atom stereocenters. The van der Waals surface area contributed by atoms with E-state index in [0.29, 0.717) is 0 Å². The van der Waals surface area contributed by atoms with E-state index >= 15 is 0 Å². The Bertz CT molecular complexity index is 225. The first-order chi connectivity index (χ1) is 5.69. The van der Waals surface area contributed by atoms with Gasteiger partial charge in [-0.25, -0.2) is 4.39 Å². The lowest BCUT2D eigenvalue weighted by molar-refractivity contribution is -0.129. The molecule has 1 rings (SSSR count). The zero-order valence-electron chi connectivity index (χ0n) is 6.53. The summed E-state index contributed by atoms with van der Waals surface area (Å²) >= 11 is 0. The van der Waals surface area contributed by atoms with E-state index in [9.17, 15) is 9.18 Å². The highest BCUT2D eigenvalue weighted by atomic mass is 19.1. The summed E-state index contributed by atoms with van der Waals surface area (Å²) in [6.07, 6.45) is -0.965. The number of rotatable bonds is 1. The van der Waals surface area contributed by atoms with Crippen LogP contribution in [0.4, 0.5) is 4.39 Å². The molecule has 0 radical (unpaired) electrons. The Morgan fingerprint density at radius 2 is 2.50 bits per heavy atom. The molecule has 1 amide bonds. The number of hydrogen-bond donors (Lipinski definition) is 1. The first kappa shape index (κ1) is 8.94. The van der Waals surface area contributed by atoms with Crippen LogP contribution in [0.25, 0.3) is 0 Å². The molecular weight excluding hydrogens is 161 g/mol. The van der Waals surface area contributed by atoms with E-state index in [-0.39, 0.29) is 25.4 Å². The van der Waals surface area contributed by atoms with Gasteiger partial charge in [-0.2, -0.15) is 5.26 Å². The van der Waals surface area contributed by atoms with Gasteiger partial charge in [0.1, 0.15) is 12.2 Å².